The van der Waals surface area contributed by atoms with Gasteiger partial charge in [0.05, 0.1) is 27.9 Å². The van der Waals surface area contributed by atoms with Crippen LogP contribution in [0.1, 0.15) is 41.0 Å². The van der Waals surface area contributed by atoms with E-state index in [1.54, 1.807) is 18.2 Å². The van der Waals surface area contributed by atoms with Crippen LogP contribution >= 0.6 is 15.9 Å². The van der Waals surface area contributed by atoms with Gasteiger partial charge in [0.1, 0.15) is 16.0 Å². The molecule has 0 bridgehead atoms. The number of carbonyl (C=O) groups is 2. The molecular formula is C22H27BrN2O6. The number of nitrogens with one attached hydrogen (secondary N) is 2. The molecule has 9 heteroatoms. The van der Waals surface area contributed by atoms with Crippen molar-refractivity contribution in [2.75, 3.05) is 27.9 Å². The molecule has 2 rings (SSSR count). The molecule has 2 N–H and O–H groups in total. The van der Waals surface area contributed by atoms with Crippen molar-refractivity contribution < 1.29 is 28.5 Å². The number of halogens is 1. The van der Waals surface area contributed by atoms with Crippen LogP contribution in [0.25, 0.3) is 0 Å². The number of carbonyl (C=O) groups excluding carboxylic acids is 2. The van der Waals surface area contributed by atoms with Gasteiger partial charge in [0.2, 0.25) is 0 Å². The van der Waals surface area contributed by atoms with Crippen LogP contribution < -0.4 is 29.8 Å². The number of rotatable bonds is 9. The summed E-state index contributed by atoms with van der Waals surface area (Å²) in [6.07, 6.45) is 0.906. The number of amides is 2. The summed E-state index contributed by atoms with van der Waals surface area (Å²) in [5.41, 5.74) is 5.33. The highest BCUT2D eigenvalue weighted by molar-refractivity contribution is 9.10. The second-order valence-corrected chi connectivity index (χ2v) is 7.79. The van der Waals surface area contributed by atoms with Crippen LogP contribution in [0.3, 0.4) is 0 Å². The predicted molar refractivity (Wildman–Crippen MR) is 120 cm³/mol. The van der Waals surface area contributed by atoms with E-state index in [0.29, 0.717) is 45.6 Å². The van der Waals surface area contributed by atoms with Gasteiger partial charge in [0.15, 0.2) is 11.5 Å². The normalized spacial score (nSPS) is 10.4. The van der Waals surface area contributed by atoms with Gasteiger partial charge >= 0.3 is 0 Å². The van der Waals surface area contributed by atoms with Gasteiger partial charge in [-0.15, -0.1) is 0 Å². The van der Waals surface area contributed by atoms with E-state index in [-0.39, 0.29) is 5.56 Å². The smallest absolute Gasteiger partial charge is 0.269 e. The third-order valence-corrected chi connectivity index (χ3v) is 5.16. The fraction of sp³-hybridized carbons (Fsp3) is 0.364. The zero-order valence-electron chi connectivity index (χ0n) is 18.2. The molecular weight excluding hydrogens is 468 g/mol. The Morgan fingerprint density at radius 1 is 0.839 bits per heavy atom. The zero-order valence-corrected chi connectivity index (χ0v) is 19.8. The molecule has 0 aliphatic heterocycles. The van der Waals surface area contributed by atoms with E-state index in [2.05, 4.69) is 40.6 Å². The molecule has 0 fully saturated rings. The number of benzene rings is 2. The molecule has 168 valence electrons. The van der Waals surface area contributed by atoms with Crippen molar-refractivity contribution in [3.05, 3.63) is 45.9 Å². The van der Waals surface area contributed by atoms with E-state index in [9.17, 15) is 9.59 Å². The Kier molecular flexibility index (Phi) is 8.99. The topological polar surface area (TPSA) is 95.1 Å². The summed E-state index contributed by atoms with van der Waals surface area (Å²) < 4.78 is 22.1. The first kappa shape index (κ1) is 24.3. The van der Waals surface area contributed by atoms with Crippen LogP contribution in [0.4, 0.5) is 0 Å². The average Bonchev–Trinajstić information content (AvgIpc) is 2.77. The first-order valence-corrected chi connectivity index (χ1v) is 10.4. The molecule has 0 heterocycles. The van der Waals surface area contributed by atoms with Crippen molar-refractivity contribution in [2.45, 2.75) is 20.3 Å². The van der Waals surface area contributed by atoms with Gasteiger partial charge < -0.3 is 18.9 Å². The highest BCUT2D eigenvalue weighted by Gasteiger charge is 2.16. The van der Waals surface area contributed by atoms with E-state index in [0.717, 1.165) is 6.42 Å². The number of hydrazine groups is 1. The summed E-state index contributed by atoms with van der Waals surface area (Å²) in [5, 5.41) is 0. The summed E-state index contributed by atoms with van der Waals surface area (Å²) in [5.74, 6) is 1.32. The predicted octanol–water partition coefficient (Wildman–Crippen LogP) is 3.97. The van der Waals surface area contributed by atoms with Crippen LogP contribution in [0.15, 0.2) is 34.8 Å². The lowest BCUT2D eigenvalue weighted by molar-refractivity contribution is 0.0846. The first-order valence-electron chi connectivity index (χ1n) is 9.63. The SMILES string of the molecule is COc1cc(C(=O)NNC(=O)c2cc(OC)c(Br)c(OC)c2)ccc1OCCC(C)C. The maximum absolute atomic E-state index is 12.5. The van der Waals surface area contributed by atoms with Crippen molar-refractivity contribution in [3.8, 4) is 23.0 Å². The van der Waals surface area contributed by atoms with Gasteiger partial charge in [-0.05, 0) is 58.6 Å². The van der Waals surface area contributed by atoms with Crippen LogP contribution in [-0.2, 0) is 0 Å². The molecule has 0 aliphatic carbocycles. The number of methoxy groups -OCH3 is 3. The highest BCUT2D eigenvalue weighted by atomic mass is 79.9. The van der Waals surface area contributed by atoms with Gasteiger partial charge in [-0.2, -0.15) is 0 Å². The van der Waals surface area contributed by atoms with E-state index in [1.807, 2.05) is 0 Å². The highest BCUT2D eigenvalue weighted by Crippen LogP contribution is 2.35. The van der Waals surface area contributed by atoms with Crippen molar-refractivity contribution in [3.63, 3.8) is 0 Å². The molecule has 0 aliphatic rings. The minimum Gasteiger partial charge on any atom is -0.495 e. The van der Waals surface area contributed by atoms with Crippen molar-refractivity contribution >= 4 is 27.7 Å². The Labute approximate surface area is 190 Å². The van der Waals surface area contributed by atoms with Crippen LogP contribution in [0.2, 0.25) is 0 Å². The maximum Gasteiger partial charge on any atom is 0.269 e. The average molecular weight is 495 g/mol. The van der Waals surface area contributed by atoms with E-state index in [1.165, 1.54) is 33.5 Å². The minimum atomic E-state index is -0.530. The lowest BCUT2D eigenvalue weighted by Crippen LogP contribution is -2.41. The Hall–Kier alpha value is -2.94. The van der Waals surface area contributed by atoms with Gasteiger partial charge in [-0.25, -0.2) is 0 Å². The number of hydrogen-bond donors (Lipinski definition) is 2. The summed E-state index contributed by atoms with van der Waals surface area (Å²) in [7, 11) is 4.46. The largest absolute Gasteiger partial charge is 0.495 e. The van der Waals surface area contributed by atoms with E-state index >= 15 is 0 Å². The summed E-state index contributed by atoms with van der Waals surface area (Å²) in [6.45, 7) is 4.78. The Morgan fingerprint density at radius 2 is 1.35 bits per heavy atom. The van der Waals surface area contributed by atoms with Crippen LogP contribution in [-0.4, -0.2) is 39.8 Å². The van der Waals surface area contributed by atoms with E-state index < -0.39 is 11.8 Å². The Bertz CT molecular complexity index is 907. The van der Waals surface area contributed by atoms with Crippen LogP contribution in [0.5, 0.6) is 23.0 Å². The Morgan fingerprint density at radius 3 is 1.87 bits per heavy atom. The molecule has 0 aromatic heterocycles. The second-order valence-electron chi connectivity index (χ2n) is 7.00. The number of ether oxygens (including phenoxy) is 4. The lowest BCUT2D eigenvalue weighted by atomic mass is 10.1. The molecule has 8 nitrogen and oxygen atoms in total. The number of hydrogen-bond acceptors (Lipinski definition) is 6. The fourth-order valence-corrected chi connectivity index (χ4v) is 3.14. The molecule has 0 atom stereocenters. The van der Waals surface area contributed by atoms with Crippen LogP contribution in [0, 0.1) is 5.92 Å². The van der Waals surface area contributed by atoms with Gasteiger partial charge in [0, 0.05) is 11.1 Å². The molecule has 0 radical (unpaired) electrons. The molecule has 0 unspecified atom stereocenters. The molecule has 2 aromatic carbocycles. The second kappa shape index (κ2) is 11.5. The van der Waals surface area contributed by atoms with E-state index in [4.69, 9.17) is 18.9 Å². The third kappa shape index (κ3) is 6.52. The molecule has 31 heavy (non-hydrogen) atoms. The standard InChI is InChI=1S/C22H27BrN2O6/c1-13(2)8-9-31-16-7-6-14(10-17(16)28-3)21(26)24-25-22(27)15-11-18(29-4)20(23)19(12-15)30-5/h6-7,10-13H,8-9H2,1-5H3,(H,24,26)(H,25,27). The maximum atomic E-state index is 12.5. The molecule has 0 spiro atoms. The quantitative estimate of drug-likeness (QED) is 0.512. The summed E-state index contributed by atoms with van der Waals surface area (Å²) >= 11 is 3.35. The third-order valence-electron chi connectivity index (χ3n) is 4.38. The summed E-state index contributed by atoms with van der Waals surface area (Å²) in [4.78, 5) is 25.0. The Balaban J connectivity index is 2.06. The van der Waals surface area contributed by atoms with Gasteiger partial charge in [-0.1, -0.05) is 13.8 Å². The first-order chi connectivity index (χ1) is 14.8. The van der Waals surface area contributed by atoms with Gasteiger partial charge in [0.25, 0.3) is 11.8 Å². The molecule has 0 saturated heterocycles. The molecule has 0 saturated carbocycles. The fourth-order valence-electron chi connectivity index (χ4n) is 2.59. The lowest BCUT2D eigenvalue weighted by Gasteiger charge is -2.14. The summed E-state index contributed by atoms with van der Waals surface area (Å²) in [6, 6.07) is 7.87. The van der Waals surface area contributed by atoms with Gasteiger partial charge in [-0.3, -0.25) is 20.4 Å². The monoisotopic (exact) mass is 494 g/mol. The minimum absolute atomic E-state index is 0.253. The molecule has 2 amide bonds. The van der Waals surface area contributed by atoms with Crippen molar-refractivity contribution in [1.29, 1.82) is 0 Å². The van der Waals surface area contributed by atoms with Crippen molar-refractivity contribution in [1.82, 2.24) is 10.9 Å². The van der Waals surface area contributed by atoms with Crippen molar-refractivity contribution in [2.24, 2.45) is 5.92 Å². The molecule has 2 aromatic rings. The zero-order chi connectivity index (χ0) is 23.0.